The molecule has 13 heavy (non-hydrogen) atoms. The van der Waals surface area contributed by atoms with E-state index in [0.717, 1.165) is 6.42 Å². The highest BCUT2D eigenvalue weighted by Crippen LogP contribution is 2.06. The molecule has 1 heterocycles. The van der Waals surface area contributed by atoms with Crippen LogP contribution >= 0.6 is 11.8 Å². The summed E-state index contributed by atoms with van der Waals surface area (Å²) in [5, 5.41) is 4.82. The zero-order chi connectivity index (χ0) is 9.84. The van der Waals surface area contributed by atoms with Crippen molar-refractivity contribution >= 4 is 11.8 Å². The number of nitrogens with zero attached hydrogens (tertiary/aromatic N) is 2. The molecular weight excluding hydrogens is 186 g/mol. The van der Waals surface area contributed by atoms with Crippen LogP contribution in [0.25, 0.3) is 0 Å². The Morgan fingerprint density at radius 3 is 2.85 bits per heavy atom. The van der Waals surface area contributed by atoms with Gasteiger partial charge >= 0.3 is 5.69 Å². The number of H-pyrrole nitrogens is 1. The van der Waals surface area contributed by atoms with Gasteiger partial charge in [-0.15, -0.1) is 5.10 Å². The Kier molecular flexibility index (Phi) is 3.59. The lowest BCUT2D eigenvalue weighted by Crippen LogP contribution is -2.21. The first-order valence-corrected chi connectivity index (χ1v) is 5.61. The summed E-state index contributed by atoms with van der Waals surface area (Å²) < 4.78 is 1.50. The van der Waals surface area contributed by atoms with Gasteiger partial charge in [-0.1, -0.05) is 32.0 Å². The topological polar surface area (TPSA) is 50.7 Å². The van der Waals surface area contributed by atoms with Crippen LogP contribution in [0.15, 0.2) is 9.95 Å². The van der Waals surface area contributed by atoms with E-state index in [1.54, 1.807) is 0 Å². The second kappa shape index (κ2) is 4.50. The predicted octanol–water partition coefficient (Wildman–Crippen LogP) is 1.34. The molecule has 0 bridgehead atoms. The van der Waals surface area contributed by atoms with Crippen molar-refractivity contribution in [2.24, 2.45) is 5.92 Å². The van der Waals surface area contributed by atoms with Crippen molar-refractivity contribution in [2.45, 2.75) is 32.0 Å². The highest BCUT2D eigenvalue weighted by atomic mass is 32.2. The van der Waals surface area contributed by atoms with Crippen LogP contribution in [0.3, 0.4) is 0 Å². The lowest BCUT2D eigenvalue weighted by Gasteiger charge is -2.05. The van der Waals surface area contributed by atoms with Crippen molar-refractivity contribution in [1.29, 1.82) is 0 Å². The van der Waals surface area contributed by atoms with Gasteiger partial charge in [-0.2, -0.15) is 0 Å². The van der Waals surface area contributed by atoms with Crippen LogP contribution < -0.4 is 5.69 Å². The Labute approximate surface area is 81.7 Å². The van der Waals surface area contributed by atoms with E-state index < -0.39 is 0 Å². The van der Waals surface area contributed by atoms with Crippen molar-refractivity contribution < 1.29 is 0 Å². The van der Waals surface area contributed by atoms with Gasteiger partial charge in [0.2, 0.25) is 0 Å². The van der Waals surface area contributed by atoms with Crippen LogP contribution in [0.1, 0.15) is 20.3 Å². The molecule has 1 aromatic heterocycles. The molecular formula is C8H15N3OS. The maximum Gasteiger partial charge on any atom is 0.343 e. The summed E-state index contributed by atoms with van der Waals surface area (Å²) >= 11 is 1.45. The van der Waals surface area contributed by atoms with Gasteiger partial charge in [-0.3, -0.25) is 4.98 Å². The standard InChI is InChI=1S/C8H15N3OS/c1-4-6(2)5-11-8(12)9-7(10-11)13-3/h6H,4-5H2,1-3H3,(H,9,10,12). The van der Waals surface area contributed by atoms with E-state index in [9.17, 15) is 4.79 Å². The SMILES string of the molecule is CCC(C)Cn1nc(SC)[nH]c1=O. The van der Waals surface area contributed by atoms with Gasteiger partial charge < -0.3 is 0 Å². The largest absolute Gasteiger partial charge is 0.343 e. The van der Waals surface area contributed by atoms with Crippen molar-refractivity contribution in [3.05, 3.63) is 10.5 Å². The van der Waals surface area contributed by atoms with E-state index >= 15 is 0 Å². The fourth-order valence-electron chi connectivity index (χ4n) is 0.976. The van der Waals surface area contributed by atoms with Gasteiger partial charge in [0.1, 0.15) is 0 Å². The molecule has 0 spiro atoms. The Bertz CT molecular complexity index is 317. The molecule has 1 rings (SSSR count). The smallest absolute Gasteiger partial charge is 0.284 e. The third kappa shape index (κ3) is 2.62. The summed E-state index contributed by atoms with van der Waals surface area (Å²) in [5.74, 6) is 0.496. The molecule has 1 unspecified atom stereocenters. The Morgan fingerprint density at radius 1 is 1.69 bits per heavy atom. The van der Waals surface area contributed by atoms with Crippen molar-refractivity contribution in [3.8, 4) is 0 Å². The van der Waals surface area contributed by atoms with E-state index in [4.69, 9.17) is 0 Å². The summed E-state index contributed by atoms with van der Waals surface area (Å²) in [6, 6.07) is 0. The number of nitrogens with one attached hydrogen (secondary N) is 1. The van der Waals surface area contributed by atoms with Crippen LogP contribution in [-0.2, 0) is 6.54 Å². The third-order valence-corrected chi connectivity index (χ3v) is 2.61. The first-order valence-electron chi connectivity index (χ1n) is 4.38. The molecule has 1 N–H and O–H groups in total. The van der Waals surface area contributed by atoms with Gasteiger partial charge in [0.25, 0.3) is 0 Å². The molecule has 0 saturated carbocycles. The molecule has 0 aromatic carbocycles. The fraction of sp³-hybridized carbons (Fsp3) is 0.750. The molecule has 0 aliphatic carbocycles. The lowest BCUT2D eigenvalue weighted by molar-refractivity contribution is 0.426. The fourth-order valence-corrected chi connectivity index (χ4v) is 1.35. The number of hydrogen-bond acceptors (Lipinski definition) is 3. The van der Waals surface area contributed by atoms with Gasteiger partial charge in [0, 0.05) is 6.54 Å². The third-order valence-electron chi connectivity index (χ3n) is 2.03. The monoisotopic (exact) mass is 201 g/mol. The van der Waals surface area contributed by atoms with Crippen LogP contribution in [0.2, 0.25) is 0 Å². The quantitative estimate of drug-likeness (QED) is 0.748. The number of aromatic nitrogens is 3. The number of aromatic amines is 1. The number of hydrogen-bond donors (Lipinski definition) is 1. The summed E-state index contributed by atoms with van der Waals surface area (Å²) in [4.78, 5) is 14.0. The van der Waals surface area contributed by atoms with Crippen molar-refractivity contribution in [3.63, 3.8) is 0 Å². The van der Waals surface area contributed by atoms with Crippen molar-refractivity contribution in [2.75, 3.05) is 6.26 Å². The number of thioether (sulfide) groups is 1. The molecule has 0 aliphatic rings. The van der Waals surface area contributed by atoms with Gasteiger partial charge in [-0.05, 0) is 12.2 Å². The average molecular weight is 201 g/mol. The zero-order valence-electron chi connectivity index (χ0n) is 8.20. The highest BCUT2D eigenvalue weighted by molar-refractivity contribution is 7.98. The van der Waals surface area contributed by atoms with E-state index in [1.165, 1.54) is 16.4 Å². The molecule has 0 aliphatic heterocycles. The maximum absolute atomic E-state index is 11.3. The summed E-state index contributed by atoms with van der Waals surface area (Å²) in [6.45, 7) is 4.92. The molecule has 74 valence electrons. The normalized spacial score (nSPS) is 13.2. The van der Waals surface area contributed by atoms with Gasteiger partial charge in [-0.25, -0.2) is 9.48 Å². The predicted molar refractivity (Wildman–Crippen MR) is 54.1 cm³/mol. The average Bonchev–Trinajstić information content (AvgIpc) is 2.47. The molecule has 0 amide bonds. The van der Waals surface area contributed by atoms with Crippen molar-refractivity contribution in [1.82, 2.24) is 14.8 Å². The molecule has 1 aromatic rings. The Morgan fingerprint density at radius 2 is 2.38 bits per heavy atom. The van der Waals surface area contributed by atoms with Gasteiger partial charge in [0.15, 0.2) is 5.16 Å². The van der Waals surface area contributed by atoms with Gasteiger partial charge in [0.05, 0.1) is 0 Å². The van der Waals surface area contributed by atoms with E-state index in [-0.39, 0.29) is 5.69 Å². The van der Waals surface area contributed by atoms with E-state index in [2.05, 4.69) is 23.9 Å². The lowest BCUT2D eigenvalue weighted by atomic mass is 10.1. The maximum atomic E-state index is 11.3. The molecule has 0 saturated heterocycles. The molecule has 0 fully saturated rings. The second-order valence-corrected chi connectivity index (χ2v) is 3.93. The van der Waals surface area contributed by atoms with Crippen LogP contribution in [0.5, 0.6) is 0 Å². The van der Waals surface area contributed by atoms with Crippen LogP contribution in [0, 0.1) is 5.92 Å². The summed E-state index contributed by atoms with van der Waals surface area (Å²) in [5.41, 5.74) is -0.107. The summed E-state index contributed by atoms with van der Waals surface area (Å²) in [6.07, 6.45) is 2.96. The Hall–Kier alpha value is -0.710. The Balaban J connectivity index is 2.76. The molecule has 5 heteroatoms. The van der Waals surface area contributed by atoms with Crippen LogP contribution in [0.4, 0.5) is 0 Å². The second-order valence-electron chi connectivity index (χ2n) is 3.13. The van der Waals surface area contributed by atoms with E-state index in [1.807, 2.05) is 6.26 Å². The minimum atomic E-state index is -0.107. The minimum Gasteiger partial charge on any atom is -0.284 e. The highest BCUT2D eigenvalue weighted by Gasteiger charge is 2.06. The molecule has 4 nitrogen and oxygen atoms in total. The minimum absolute atomic E-state index is 0.107. The zero-order valence-corrected chi connectivity index (χ0v) is 9.02. The number of rotatable bonds is 4. The first kappa shape index (κ1) is 10.4. The first-order chi connectivity index (χ1) is 6.17. The molecule has 0 radical (unpaired) electrons. The summed E-state index contributed by atoms with van der Waals surface area (Å²) in [7, 11) is 0. The van der Waals surface area contributed by atoms with Crippen LogP contribution in [-0.4, -0.2) is 21.0 Å². The van der Waals surface area contributed by atoms with E-state index in [0.29, 0.717) is 17.6 Å². The molecule has 1 atom stereocenters.